The van der Waals surface area contributed by atoms with Crippen LogP contribution in [-0.4, -0.2) is 13.4 Å². The van der Waals surface area contributed by atoms with Crippen LogP contribution in [0.5, 0.6) is 0 Å². The van der Waals surface area contributed by atoms with E-state index in [9.17, 15) is 21.6 Å². The lowest BCUT2D eigenvalue weighted by atomic mass is 10.1. The van der Waals surface area contributed by atoms with Gasteiger partial charge < -0.3 is 0 Å². The first-order valence-electron chi connectivity index (χ1n) is 6.48. The predicted molar refractivity (Wildman–Crippen MR) is 82.0 cm³/mol. The number of alkyl halides is 3. The molecule has 0 aliphatic heterocycles. The van der Waals surface area contributed by atoms with Crippen LogP contribution in [0.15, 0.2) is 53.0 Å². The average molecular weight is 357 g/mol. The minimum absolute atomic E-state index is 0.107. The highest BCUT2D eigenvalue weighted by molar-refractivity contribution is 7.92. The lowest BCUT2D eigenvalue weighted by Crippen LogP contribution is -2.07. The van der Waals surface area contributed by atoms with E-state index in [1.807, 2.05) is 0 Å². The number of hydrogen-bond acceptors (Lipinski definition) is 4. The molecule has 8 heteroatoms. The maximum absolute atomic E-state index is 12.7. The van der Waals surface area contributed by atoms with Crippen molar-refractivity contribution in [3.8, 4) is 0 Å². The summed E-state index contributed by atoms with van der Waals surface area (Å²) < 4.78 is 63.9. The smallest absolute Gasteiger partial charge is 0.264 e. The zero-order valence-corrected chi connectivity index (χ0v) is 13.2. The minimum atomic E-state index is -4.50. The van der Waals surface area contributed by atoms with Gasteiger partial charge in [-0.15, -0.1) is 11.3 Å². The number of rotatable bonds is 3. The Bertz CT molecular complexity index is 929. The second kappa shape index (κ2) is 5.61. The normalized spacial score (nSPS) is 12.7. The first-order valence-corrected chi connectivity index (χ1v) is 8.95. The molecule has 0 saturated carbocycles. The molecule has 0 fully saturated rings. The highest BCUT2D eigenvalue weighted by Gasteiger charge is 2.31. The molecule has 3 rings (SSSR count). The molecular formula is C15H10F3NO2S2. The number of aromatic nitrogens is 1. The monoisotopic (exact) mass is 357 g/mol. The van der Waals surface area contributed by atoms with Crippen molar-refractivity contribution in [3.63, 3.8) is 0 Å². The van der Waals surface area contributed by atoms with Crippen molar-refractivity contribution in [1.82, 2.24) is 4.98 Å². The van der Waals surface area contributed by atoms with E-state index < -0.39 is 27.3 Å². The number of hydrogen-bond donors (Lipinski definition) is 0. The van der Waals surface area contributed by atoms with E-state index in [-0.39, 0.29) is 9.77 Å². The van der Waals surface area contributed by atoms with Crippen molar-refractivity contribution in [1.29, 1.82) is 0 Å². The van der Waals surface area contributed by atoms with Gasteiger partial charge in [0.2, 0.25) is 0 Å². The number of halogens is 3. The first kappa shape index (κ1) is 15.9. The maximum Gasteiger partial charge on any atom is 0.416 e. The summed E-state index contributed by atoms with van der Waals surface area (Å²) in [7, 11) is -3.71. The van der Waals surface area contributed by atoms with E-state index in [1.165, 1.54) is 18.2 Å². The van der Waals surface area contributed by atoms with E-state index in [1.54, 1.807) is 18.5 Å². The van der Waals surface area contributed by atoms with Crippen LogP contribution >= 0.6 is 11.3 Å². The fourth-order valence-corrected chi connectivity index (χ4v) is 4.92. The molecule has 0 unspecified atom stereocenters. The number of benzene rings is 1. The van der Waals surface area contributed by atoms with Crippen LogP contribution in [0.1, 0.15) is 11.1 Å². The van der Waals surface area contributed by atoms with Gasteiger partial charge in [0.1, 0.15) is 4.21 Å². The van der Waals surface area contributed by atoms with Crippen molar-refractivity contribution in [2.45, 2.75) is 16.1 Å². The van der Waals surface area contributed by atoms with Crippen LogP contribution in [0.25, 0.3) is 10.1 Å². The van der Waals surface area contributed by atoms with Crippen LogP contribution in [-0.2, 0) is 21.8 Å². The Labute approximate surface area is 134 Å². The second-order valence-electron chi connectivity index (χ2n) is 4.94. The van der Waals surface area contributed by atoms with E-state index in [0.29, 0.717) is 5.39 Å². The molecule has 0 N–H and O–H groups in total. The molecule has 0 amide bonds. The van der Waals surface area contributed by atoms with E-state index in [2.05, 4.69) is 4.98 Å². The molecule has 0 aliphatic carbocycles. The van der Waals surface area contributed by atoms with E-state index >= 15 is 0 Å². The second-order valence-corrected chi connectivity index (χ2v) is 8.24. The molecular weight excluding hydrogens is 347 g/mol. The average Bonchev–Trinajstić information content (AvgIpc) is 2.91. The van der Waals surface area contributed by atoms with Gasteiger partial charge in [0.25, 0.3) is 0 Å². The molecule has 0 bridgehead atoms. The van der Waals surface area contributed by atoms with Gasteiger partial charge in [-0.05, 0) is 23.8 Å². The summed E-state index contributed by atoms with van der Waals surface area (Å²) >= 11 is 1.08. The third-order valence-electron chi connectivity index (χ3n) is 3.21. The topological polar surface area (TPSA) is 47.0 Å². The molecule has 0 saturated heterocycles. The van der Waals surface area contributed by atoms with Crippen LogP contribution in [0, 0.1) is 0 Å². The standard InChI is InChI=1S/C15H10F3NO2S2/c16-15(17,18)12-3-1-2-10(6-12)9-23(20,21)14-7-11-8-19-5-4-13(11)22-14/h1-8H,9H2. The Kier molecular flexibility index (Phi) is 3.89. The third kappa shape index (κ3) is 3.37. The van der Waals surface area contributed by atoms with Crippen molar-refractivity contribution in [2.24, 2.45) is 0 Å². The molecule has 0 spiro atoms. The van der Waals surface area contributed by atoms with Crippen molar-refractivity contribution >= 4 is 31.3 Å². The SMILES string of the molecule is O=S(=O)(Cc1cccc(C(F)(F)F)c1)c1cc2cnccc2s1. The largest absolute Gasteiger partial charge is 0.416 e. The van der Waals surface area contributed by atoms with Crippen LogP contribution < -0.4 is 0 Å². The third-order valence-corrected chi connectivity index (χ3v) is 6.58. The molecule has 0 radical (unpaired) electrons. The van der Waals surface area contributed by atoms with Crippen LogP contribution in [0.4, 0.5) is 13.2 Å². The lowest BCUT2D eigenvalue weighted by molar-refractivity contribution is -0.137. The fraction of sp³-hybridized carbons (Fsp3) is 0.133. The van der Waals surface area contributed by atoms with Crippen molar-refractivity contribution in [3.05, 3.63) is 59.9 Å². The lowest BCUT2D eigenvalue weighted by Gasteiger charge is -2.08. The number of nitrogens with zero attached hydrogens (tertiary/aromatic N) is 1. The van der Waals surface area contributed by atoms with E-state index in [4.69, 9.17) is 0 Å². The zero-order valence-electron chi connectivity index (χ0n) is 11.5. The first-order chi connectivity index (χ1) is 10.8. The van der Waals surface area contributed by atoms with E-state index in [0.717, 1.165) is 28.2 Å². The van der Waals surface area contributed by atoms with Gasteiger partial charge in [-0.3, -0.25) is 4.98 Å². The Balaban J connectivity index is 1.95. The van der Waals surface area contributed by atoms with Crippen molar-refractivity contribution in [2.75, 3.05) is 0 Å². The van der Waals surface area contributed by atoms with Gasteiger partial charge in [-0.25, -0.2) is 8.42 Å². The van der Waals surface area contributed by atoms with Gasteiger partial charge in [-0.2, -0.15) is 13.2 Å². The van der Waals surface area contributed by atoms with Gasteiger partial charge in [0.05, 0.1) is 11.3 Å². The predicted octanol–water partition coefficient (Wildman–Crippen LogP) is 4.29. The zero-order chi connectivity index (χ0) is 16.7. The Morgan fingerprint density at radius 1 is 1.13 bits per heavy atom. The molecule has 2 aromatic heterocycles. The number of thiophene rings is 1. The molecule has 0 atom stereocenters. The molecule has 1 aromatic carbocycles. The molecule has 23 heavy (non-hydrogen) atoms. The van der Waals surface area contributed by atoms with Gasteiger partial charge >= 0.3 is 6.18 Å². The molecule has 2 heterocycles. The number of sulfone groups is 1. The molecule has 120 valence electrons. The van der Waals surface area contributed by atoms with Crippen LogP contribution in [0.2, 0.25) is 0 Å². The highest BCUT2D eigenvalue weighted by Crippen LogP contribution is 2.32. The minimum Gasteiger partial charge on any atom is -0.264 e. The molecule has 0 aliphatic rings. The summed E-state index contributed by atoms with van der Waals surface area (Å²) in [6.45, 7) is 0. The Morgan fingerprint density at radius 2 is 1.91 bits per heavy atom. The summed E-state index contributed by atoms with van der Waals surface area (Å²) in [5.41, 5.74) is -0.749. The Hall–Kier alpha value is -1.93. The summed E-state index contributed by atoms with van der Waals surface area (Å²) in [5.74, 6) is -0.475. The number of pyridine rings is 1. The van der Waals surface area contributed by atoms with Crippen molar-refractivity contribution < 1.29 is 21.6 Å². The quantitative estimate of drug-likeness (QED) is 0.703. The summed E-state index contributed by atoms with van der Waals surface area (Å²) in [6.07, 6.45) is -1.39. The molecule has 3 aromatic rings. The summed E-state index contributed by atoms with van der Waals surface area (Å²) in [6, 6.07) is 7.57. The van der Waals surface area contributed by atoms with Gasteiger partial charge in [-0.1, -0.05) is 18.2 Å². The van der Waals surface area contributed by atoms with Crippen LogP contribution in [0.3, 0.4) is 0 Å². The summed E-state index contributed by atoms with van der Waals surface area (Å²) in [5, 5.41) is 0.695. The summed E-state index contributed by atoms with van der Waals surface area (Å²) in [4.78, 5) is 3.92. The fourth-order valence-electron chi connectivity index (χ4n) is 2.14. The maximum atomic E-state index is 12.7. The Morgan fingerprint density at radius 3 is 2.61 bits per heavy atom. The highest BCUT2D eigenvalue weighted by atomic mass is 32.2. The molecule has 3 nitrogen and oxygen atoms in total. The van der Waals surface area contributed by atoms with Gasteiger partial charge in [0, 0.05) is 22.5 Å². The van der Waals surface area contributed by atoms with Gasteiger partial charge in [0.15, 0.2) is 9.84 Å². The number of fused-ring (bicyclic) bond motifs is 1.